The summed E-state index contributed by atoms with van der Waals surface area (Å²) in [5.74, 6) is -1.07. The van der Waals surface area contributed by atoms with E-state index in [1.54, 1.807) is 6.07 Å². The Morgan fingerprint density at radius 1 is 1.29 bits per heavy atom. The molecule has 3 aromatic rings. The molecule has 1 heterocycles. The topological polar surface area (TPSA) is 78.9 Å². The van der Waals surface area contributed by atoms with Crippen LogP contribution in [0.15, 0.2) is 53.3 Å². The fourth-order valence-corrected chi connectivity index (χ4v) is 2.34. The van der Waals surface area contributed by atoms with Gasteiger partial charge in [0.2, 0.25) is 0 Å². The van der Waals surface area contributed by atoms with Gasteiger partial charge in [-0.25, -0.2) is 9.37 Å². The van der Waals surface area contributed by atoms with Crippen molar-refractivity contribution >= 4 is 23.2 Å². The third-order valence-electron chi connectivity index (χ3n) is 3.25. The van der Waals surface area contributed by atoms with Crippen LogP contribution in [0.25, 0.3) is 11.3 Å². The average Bonchev–Trinajstić information content (AvgIpc) is 3.05. The molecule has 0 aliphatic heterocycles. The van der Waals surface area contributed by atoms with Crippen LogP contribution < -0.4 is 5.32 Å². The highest BCUT2D eigenvalue weighted by Gasteiger charge is 2.20. The Morgan fingerprint density at radius 2 is 2.08 bits per heavy atom. The van der Waals surface area contributed by atoms with Gasteiger partial charge in [-0.1, -0.05) is 23.7 Å². The van der Waals surface area contributed by atoms with Gasteiger partial charge in [-0.3, -0.25) is 4.79 Å². The minimum absolute atomic E-state index is 0.0327. The van der Waals surface area contributed by atoms with Crippen LogP contribution in [0, 0.1) is 17.1 Å². The molecule has 1 amide bonds. The number of carbonyl (C=O) groups excluding carboxylic acids is 1. The van der Waals surface area contributed by atoms with Crippen molar-refractivity contribution < 1.29 is 13.6 Å². The number of rotatable bonds is 3. The van der Waals surface area contributed by atoms with Crippen molar-refractivity contribution in [3.8, 4) is 17.4 Å². The SMILES string of the molecule is N#Cc1ccc(NC(=O)c2ncoc2-c2ccccc2F)cc1Cl. The summed E-state index contributed by atoms with van der Waals surface area (Å²) >= 11 is 5.93. The standard InChI is InChI=1S/C17H9ClFN3O2/c18-13-7-11(6-5-10(13)8-20)22-17(23)15-16(24-9-21-15)12-3-1-2-4-14(12)19/h1-7,9H,(H,22,23). The maximum Gasteiger partial charge on any atom is 0.278 e. The second-order valence-electron chi connectivity index (χ2n) is 4.77. The molecule has 0 saturated carbocycles. The molecule has 0 unspecified atom stereocenters. The monoisotopic (exact) mass is 341 g/mol. The Labute approximate surface area is 141 Å². The van der Waals surface area contributed by atoms with Gasteiger partial charge in [0.25, 0.3) is 5.91 Å². The first-order valence-corrected chi connectivity index (χ1v) is 7.17. The molecule has 1 aromatic heterocycles. The van der Waals surface area contributed by atoms with E-state index >= 15 is 0 Å². The number of nitrogens with zero attached hydrogens (tertiary/aromatic N) is 2. The molecule has 0 fully saturated rings. The van der Waals surface area contributed by atoms with E-state index < -0.39 is 11.7 Å². The second kappa shape index (κ2) is 6.52. The third-order valence-corrected chi connectivity index (χ3v) is 3.56. The minimum atomic E-state index is -0.581. The number of amides is 1. The highest BCUT2D eigenvalue weighted by atomic mass is 35.5. The maximum atomic E-state index is 13.9. The number of nitriles is 1. The van der Waals surface area contributed by atoms with Crippen LogP contribution >= 0.6 is 11.6 Å². The number of anilines is 1. The maximum absolute atomic E-state index is 13.9. The summed E-state index contributed by atoms with van der Waals surface area (Å²) in [6.45, 7) is 0. The normalized spacial score (nSPS) is 10.2. The molecule has 0 aliphatic carbocycles. The van der Waals surface area contributed by atoms with E-state index in [4.69, 9.17) is 21.3 Å². The summed E-state index contributed by atoms with van der Waals surface area (Å²) in [5, 5.41) is 11.7. The largest absolute Gasteiger partial charge is 0.443 e. The first kappa shape index (κ1) is 15.7. The van der Waals surface area contributed by atoms with E-state index in [0.717, 1.165) is 6.39 Å². The summed E-state index contributed by atoms with van der Waals surface area (Å²) in [5.41, 5.74) is 0.758. The molecule has 7 heteroatoms. The Hall–Kier alpha value is -3.17. The summed E-state index contributed by atoms with van der Waals surface area (Å²) in [6.07, 6.45) is 1.07. The Balaban J connectivity index is 1.90. The van der Waals surface area contributed by atoms with Crippen LogP contribution in [0.2, 0.25) is 5.02 Å². The zero-order valence-corrected chi connectivity index (χ0v) is 12.8. The first-order chi connectivity index (χ1) is 11.6. The van der Waals surface area contributed by atoms with Crippen LogP contribution in [-0.4, -0.2) is 10.9 Å². The Bertz CT molecular complexity index is 962. The van der Waals surface area contributed by atoms with E-state index in [1.165, 1.54) is 36.4 Å². The fourth-order valence-electron chi connectivity index (χ4n) is 2.12. The van der Waals surface area contributed by atoms with Gasteiger partial charge in [0, 0.05) is 5.69 Å². The molecule has 24 heavy (non-hydrogen) atoms. The molecule has 0 atom stereocenters. The third kappa shape index (κ3) is 2.98. The molecule has 0 saturated heterocycles. The molecule has 1 N–H and O–H groups in total. The van der Waals surface area contributed by atoms with Gasteiger partial charge in [0.15, 0.2) is 17.8 Å². The van der Waals surface area contributed by atoms with Crippen molar-refractivity contribution in [2.75, 3.05) is 5.32 Å². The molecule has 3 rings (SSSR count). The number of hydrogen-bond donors (Lipinski definition) is 1. The van der Waals surface area contributed by atoms with Crippen LogP contribution in [0.3, 0.4) is 0 Å². The number of halogens is 2. The Kier molecular flexibility index (Phi) is 4.27. The van der Waals surface area contributed by atoms with E-state index in [2.05, 4.69) is 10.3 Å². The highest BCUT2D eigenvalue weighted by molar-refractivity contribution is 6.32. The van der Waals surface area contributed by atoms with Gasteiger partial charge in [-0.05, 0) is 30.3 Å². The summed E-state index contributed by atoms with van der Waals surface area (Å²) in [7, 11) is 0. The van der Waals surface area contributed by atoms with Crippen LogP contribution in [0.1, 0.15) is 16.1 Å². The lowest BCUT2D eigenvalue weighted by Crippen LogP contribution is -2.13. The van der Waals surface area contributed by atoms with Crippen molar-refractivity contribution in [1.82, 2.24) is 4.98 Å². The molecule has 118 valence electrons. The van der Waals surface area contributed by atoms with Crippen molar-refractivity contribution in [2.24, 2.45) is 0 Å². The Morgan fingerprint density at radius 3 is 2.79 bits per heavy atom. The van der Waals surface area contributed by atoms with Gasteiger partial charge in [-0.15, -0.1) is 0 Å². The van der Waals surface area contributed by atoms with Crippen molar-refractivity contribution in [1.29, 1.82) is 5.26 Å². The molecule has 0 radical (unpaired) electrons. The van der Waals surface area contributed by atoms with Crippen LogP contribution in [0.4, 0.5) is 10.1 Å². The number of aromatic nitrogens is 1. The minimum Gasteiger partial charge on any atom is -0.443 e. The molecule has 2 aromatic carbocycles. The summed E-state index contributed by atoms with van der Waals surface area (Å²) in [4.78, 5) is 16.2. The molecule has 0 spiro atoms. The molecular weight excluding hydrogens is 333 g/mol. The molecule has 0 aliphatic rings. The van der Waals surface area contributed by atoms with E-state index in [-0.39, 0.29) is 22.0 Å². The van der Waals surface area contributed by atoms with E-state index in [9.17, 15) is 9.18 Å². The molecule has 0 bridgehead atoms. The van der Waals surface area contributed by atoms with E-state index in [1.807, 2.05) is 6.07 Å². The predicted octanol–water partition coefficient (Wildman–Crippen LogP) is 4.26. The van der Waals surface area contributed by atoms with Gasteiger partial charge >= 0.3 is 0 Å². The zero-order valence-electron chi connectivity index (χ0n) is 12.1. The van der Waals surface area contributed by atoms with Crippen LogP contribution in [-0.2, 0) is 0 Å². The average molecular weight is 342 g/mol. The summed E-state index contributed by atoms with van der Waals surface area (Å²) < 4.78 is 19.1. The quantitative estimate of drug-likeness (QED) is 0.772. The van der Waals surface area contributed by atoms with Crippen molar-refractivity contribution in [2.45, 2.75) is 0 Å². The number of nitrogens with one attached hydrogen (secondary N) is 1. The van der Waals surface area contributed by atoms with Gasteiger partial charge in [0.05, 0.1) is 16.1 Å². The van der Waals surface area contributed by atoms with Crippen molar-refractivity contribution in [3.05, 3.63) is 71.0 Å². The van der Waals surface area contributed by atoms with Crippen LogP contribution in [0.5, 0.6) is 0 Å². The van der Waals surface area contributed by atoms with Crippen molar-refractivity contribution in [3.63, 3.8) is 0 Å². The summed E-state index contributed by atoms with van der Waals surface area (Å²) in [6, 6.07) is 12.3. The second-order valence-corrected chi connectivity index (χ2v) is 5.18. The lowest BCUT2D eigenvalue weighted by Gasteiger charge is -2.06. The highest BCUT2D eigenvalue weighted by Crippen LogP contribution is 2.27. The van der Waals surface area contributed by atoms with Gasteiger partial charge < -0.3 is 9.73 Å². The number of carbonyl (C=O) groups is 1. The number of hydrogen-bond acceptors (Lipinski definition) is 4. The van der Waals surface area contributed by atoms with Gasteiger partial charge in [0.1, 0.15) is 11.9 Å². The molecular formula is C17H9ClFN3O2. The first-order valence-electron chi connectivity index (χ1n) is 6.79. The number of oxazole rings is 1. The van der Waals surface area contributed by atoms with E-state index in [0.29, 0.717) is 11.3 Å². The molecule has 5 nitrogen and oxygen atoms in total. The zero-order chi connectivity index (χ0) is 17.1. The predicted molar refractivity (Wildman–Crippen MR) is 86.0 cm³/mol. The lowest BCUT2D eigenvalue weighted by atomic mass is 10.1. The fraction of sp³-hybridized carbons (Fsp3) is 0. The van der Waals surface area contributed by atoms with Gasteiger partial charge in [-0.2, -0.15) is 5.26 Å². The smallest absolute Gasteiger partial charge is 0.278 e. The number of benzene rings is 2. The lowest BCUT2D eigenvalue weighted by molar-refractivity contribution is 0.102.